The van der Waals surface area contributed by atoms with E-state index < -0.39 is 6.10 Å². The van der Waals surface area contributed by atoms with Crippen molar-refractivity contribution in [3.8, 4) is 0 Å². The summed E-state index contributed by atoms with van der Waals surface area (Å²) in [5.74, 6) is 0.975. The van der Waals surface area contributed by atoms with Crippen LogP contribution in [0.5, 0.6) is 0 Å². The SMILES string of the molecule is CC(C)C1CCC(C)C(O)C1OC=O. The summed E-state index contributed by atoms with van der Waals surface area (Å²) >= 11 is 0. The maximum Gasteiger partial charge on any atom is 0.293 e. The lowest BCUT2D eigenvalue weighted by Gasteiger charge is -2.39. The van der Waals surface area contributed by atoms with Crippen LogP contribution in [0.3, 0.4) is 0 Å². The molecule has 82 valence electrons. The summed E-state index contributed by atoms with van der Waals surface area (Å²) < 4.78 is 5.01. The van der Waals surface area contributed by atoms with Gasteiger partial charge in [0, 0.05) is 5.92 Å². The van der Waals surface area contributed by atoms with Gasteiger partial charge in [-0.3, -0.25) is 4.79 Å². The van der Waals surface area contributed by atoms with Gasteiger partial charge in [-0.25, -0.2) is 0 Å². The van der Waals surface area contributed by atoms with Crippen molar-refractivity contribution >= 4 is 6.47 Å². The molecule has 0 aliphatic heterocycles. The van der Waals surface area contributed by atoms with E-state index in [1.807, 2.05) is 6.92 Å². The molecular weight excluding hydrogens is 180 g/mol. The number of carbonyl (C=O) groups is 1. The lowest BCUT2D eigenvalue weighted by Crippen LogP contribution is -2.45. The van der Waals surface area contributed by atoms with Gasteiger partial charge in [-0.2, -0.15) is 0 Å². The van der Waals surface area contributed by atoms with Crippen LogP contribution in [-0.4, -0.2) is 23.8 Å². The molecule has 4 atom stereocenters. The Morgan fingerprint density at radius 2 is 2.07 bits per heavy atom. The van der Waals surface area contributed by atoms with Crippen LogP contribution < -0.4 is 0 Å². The van der Waals surface area contributed by atoms with Crippen molar-refractivity contribution in [1.29, 1.82) is 0 Å². The minimum atomic E-state index is -0.499. The molecule has 1 saturated carbocycles. The van der Waals surface area contributed by atoms with Crippen molar-refractivity contribution in [2.75, 3.05) is 0 Å². The summed E-state index contributed by atoms with van der Waals surface area (Å²) in [5.41, 5.74) is 0. The van der Waals surface area contributed by atoms with E-state index in [9.17, 15) is 9.90 Å². The summed E-state index contributed by atoms with van der Waals surface area (Å²) in [6.07, 6.45) is 1.24. The first-order chi connectivity index (χ1) is 6.57. The number of hydrogen-bond donors (Lipinski definition) is 1. The molecule has 0 heterocycles. The molecule has 1 aliphatic carbocycles. The maximum absolute atomic E-state index is 10.4. The third-order valence-electron chi connectivity index (χ3n) is 3.37. The zero-order chi connectivity index (χ0) is 10.7. The maximum atomic E-state index is 10.4. The molecule has 0 saturated heterocycles. The third-order valence-corrected chi connectivity index (χ3v) is 3.37. The fraction of sp³-hybridized carbons (Fsp3) is 0.909. The summed E-state index contributed by atoms with van der Waals surface area (Å²) in [7, 11) is 0. The minimum absolute atomic E-state index is 0.231. The summed E-state index contributed by atoms with van der Waals surface area (Å²) in [4.78, 5) is 10.4. The fourth-order valence-electron chi connectivity index (χ4n) is 2.33. The Morgan fingerprint density at radius 3 is 2.57 bits per heavy atom. The molecule has 1 rings (SSSR count). The van der Waals surface area contributed by atoms with Gasteiger partial charge in [0.15, 0.2) is 0 Å². The molecule has 0 aromatic carbocycles. The third kappa shape index (κ3) is 2.27. The molecule has 1 aliphatic rings. The largest absolute Gasteiger partial charge is 0.462 e. The van der Waals surface area contributed by atoms with Crippen LogP contribution in [0.25, 0.3) is 0 Å². The number of aliphatic hydroxyl groups excluding tert-OH is 1. The van der Waals surface area contributed by atoms with Gasteiger partial charge < -0.3 is 9.84 Å². The van der Waals surface area contributed by atoms with Crippen LogP contribution in [0.15, 0.2) is 0 Å². The predicted molar refractivity (Wildman–Crippen MR) is 53.7 cm³/mol. The number of aliphatic hydroxyl groups is 1. The van der Waals surface area contributed by atoms with Gasteiger partial charge >= 0.3 is 0 Å². The van der Waals surface area contributed by atoms with Gasteiger partial charge in [-0.05, 0) is 24.7 Å². The van der Waals surface area contributed by atoms with Crippen molar-refractivity contribution < 1.29 is 14.6 Å². The predicted octanol–water partition coefficient (Wildman–Crippen LogP) is 1.59. The Bertz CT molecular complexity index is 191. The molecular formula is C11H20O3. The standard InChI is InChI=1S/C11H20O3/c1-7(2)9-5-4-8(3)10(13)11(9)14-6-12/h6-11,13H,4-5H2,1-3H3. The molecule has 1 N–H and O–H groups in total. The van der Waals surface area contributed by atoms with Gasteiger partial charge in [0.05, 0.1) is 6.10 Å². The highest BCUT2D eigenvalue weighted by atomic mass is 16.5. The van der Waals surface area contributed by atoms with E-state index in [1.165, 1.54) is 0 Å². The highest BCUT2D eigenvalue weighted by molar-refractivity contribution is 5.37. The van der Waals surface area contributed by atoms with Crippen molar-refractivity contribution in [3.05, 3.63) is 0 Å². The van der Waals surface area contributed by atoms with Crippen LogP contribution in [0.4, 0.5) is 0 Å². The molecule has 0 amide bonds. The van der Waals surface area contributed by atoms with E-state index in [0.29, 0.717) is 18.3 Å². The molecule has 0 spiro atoms. The van der Waals surface area contributed by atoms with Crippen LogP contribution in [0.2, 0.25) is 0 Å². The first kappa shape index (κ1) is 11.5. The smallest absolute Gasteiger partial charge is 0.293 e. The average molecular weight is 200 g/mol. The van der Waals surface area contributed by atoms with E-state index in [-0.39, 0.29) is 12.0 Å². The van der Waals surface area contributed by atoms with E-state index in [2.05, 4.69) is 13.8 Å². The second kappa shape index (κ2) is 4.78. The average Bonchev–Trinajstić information content (AvgIpc) is 2.13. The highest BCUT2D eigenvalue weighted by Gasteiger charge is 2.39. The lowest BCUT2D eigenvalue weighted by molar-refractivity contribution is -0.154. The van der Waals surface area contributed by atoms with Crippen LogP contribution in [-0.2, 0) is 9.53 Å². The van der Waals surface area contributed by atoms with E-state index in [1.54, 1.807) is 0 Å². The molecule has 0 aromatic rings. The Kier molecular flexibility index (Phi) is 3.93. The number of hydrogen-bond acceptors (Lipinski definition) is 3. The van der Waals surface area contributed by atoms with Crippen molar-refractivity contribution in [3.63, 3.8) is 0 Å². The molecule has 3 heteroatoms. The Hall–Kier alpha value is -0.570. The monoisotopic (exact) mass is 200 g/mol. The first-order valence-corrected chi connectivity index (χ1v) is 5.35. The van der Waals surface area contributed by atoms with Crippen molar-refractivity contribution in [2.24, 2.45) is 17.8 Å². The van der Waals surface area contributed by atoms with E-state index in [0.717, 1.165) is 12.8 Å². The molecule has 0 bridgehead atoms. The van der Waals surface area contributed by atoms with E-state index >= 15 is 0 Å². The Labute approximate surface area is 85.5 Å². The molecule has 14 heavy (non-hydrogen) atoms. The Morgan fingerprint density at radius 1 is 1.43 bits per heavy atom. The molecule has 3 nitrogen and oxygen atoms in total. The summed E-state index contributed by atoms with van der Waals surface area (Å²) in [5, 5.41) is 9.90. The molecule has 4 unspecified atom stereocenters. The number of rotatable bonds is 3. The van der Waals surface area contributed by atoms with Gasteiger partial charge in [0.25, 0.3) is 6.47 Å². The van der Waals surface area contributed by atoms with Gasteiger partial charge in [-0.15, -0.1) is 0 Å². The van der Waals surface area contributed by atoms with Crippen LogP contribution >= 0.6 is 0 Å². The lowest BCUT2D eigenvalue weighted by atomic mass is 9.73. The summed E-state index contributed by atoms with van der Waals surface area (Å²) in [6, 6.07) is 0. The quantitative estimate of drug-likeness (QED) is 0.704. The van der Waals surface area contributed by atoms with Crippen molar-refractivity contribution in [2.45, 2.75) is 45.8 Å². The van der Waals surface area contributed by atoms with Gasteiger partial charge in [0.1, 0.15) is 6.10 Å². The zero-order valence-electron chi connectivity index (χ0n) is 9.14. The van der Waals surface area contributed by atoms with Gasteiger partial charge in [0.2, 0.25) is 0 Å². The minimum Gasteiger partial charge on any atom is -0.462 e. The zero-order valence-corrected chi connectivity index (χ0v) is 9.14. The fourth-order valence-corrected chi connectivity index (χ4v) is 2.33. The number of carbonyl (C=O) groups excluding carboxylic acids is 1. The van der Waals surface area contributed by atoms with Crippen LogP contribution in [0, 0.1) is 17.8 Å². The second-order valence-electron chi connectivity index (χ2n) is 4.65. The van der Waals surface area contributed by atoms with Crippen molar-refractivity contribution in [1.82, 2.24) is 0 Å². The second-order valence-corrected chi connectivity index (χ2v) is 4.65. The first-order valence-electron chi connectivity index (χ1n) is 5.35. The highest BCUT2D eigenvalue weighted by Crippen LogP contribution is 2.35. The van der Waals surface area contributed by atoms with Gasteiger partial charge in [-0.1, -0.05) is 20.8 Å². The molecule has 0 radical (unpaired) electrons. The topological polar surface area (TPSA) is 46.5 Å². The normalized spacial score (nSPS) is 38.4. The van der Waals surface area contributed by atoms with E-state index in [4.69, 9.17) is 4.74 Å². The number of ether oxygens (including phenoxy) is 1. The summed E-state index contributed by atoms with van der Waals surface area (Å²) in [6.45, 7) is 6.67. The van der Waals surface area contributed by atoms with Crippen LogP contribution in [0.1, 0.15) is 33.6 Å². The molecule has 1 fully saturated rings. The Balaban J connectivity index is 2.70. The molecule has 0 aromatic heterocycles.